The molecule has 1 amide bonds. The maximum atomic E-state index is 13.0. The molecule has 1 N–H and O–H groups in total. The first kappa shape index (κ1) is 19.0. The van der Waals surface area contributed by atoms with E-state index in [0.29, 0.717) is 23.8 Å². The summed E-state index contributed by atoms with van der Waals surface area (Å²) >= 11 is 1.65. The van der Waals surface area contributed by atoms with Gasteiger partial charge in [0.05, 0.1) is 12.2 Å². The third-order valence-electron chi connectivity index (χ3n) is 4.40. The van der Waals surface area contributed by atoms with Crippen LogP contribution >= 0.6 is 11.8 Å². The van der Waals surface area contributed by atoms with Crippen LogP contribution in [0.1, 0.15) is 17.3 Å². The predicted octanol–water partition coefficient (Wildman–Crippen LogP) is 5.26. The van der Waals surface area contributed by atoms with E-state index in [2.05, 4.69) is 15.5 Å². The van der Waals surface area contributed by atoms with Gasteiger partial charge in [-0.2, -0.15) is 0 Å². The molecule has 0 bridgehead atoms. The van der Waals surface area contributed by atoms with Crippen LogP contribution in [0.5, 0.6) is 5.75 Å². The minimum Gasteiger partial charge on any atom is -0.493 e. The molecule has 4 aromatic rings. The highest BCUT2D eigenvalue weighted by molar-refractivity contribution is 7.98. The minimum absolute atomic E-state index is 0.0364. The molecule has 3 aromatic carbocycles. The normalized spacial score (nSPS) is 10.8. The Morgan fingerprint density at radius 3 is 2.62 bits per heavy atom. The zero-order valence-electron chi connectivity index (χ0n) is 16.0. The standard InChI is InChI=1S/C22H19N3O3S/c1-3-27-18-13-10-14-6-4-5-7-17(14)19(18)20(26)23-22-25-24-21(28-22)15-8-11-16(29-2)12-9-15/h4-13H,3H2,1-2H3,(H,23,25,26). The largest absolute Gasteiger partial charge is 0.493 e. The molecule has 0 radical (unpaired) electrons. The van der Waals surface area contributed by atoms with Crippen LogP contribution in [0.25, 0.3) is 22.2 Å². The maximum absolute atomic E-state index is 13.0. The van der Waals surface area contributed by atoms with Gasteiger partial charge in [0.2, 0.25) is 5.89 Å². The Morgan fingerprint density at radius 1 is 1.07 bits per heavy atom. The van der Waals surface area contributed by atoms with Gasteiger partial charge in [0, 0.05) is 10.5 Å². The fraction of sp³-hybridized carbons (Fsp3) is 0.136. The van der Waals surface area contributed by atoms with Crippen LogP contribution in [0.2, 0.25) is 0 Å². The van der Waals surface area contributed by atoms with Crippen LogP contribution in [-0.2, 0) is 0 Å². The third-order valence-corrected chi connectivity index (χ3v) is 5.14. The molecular formula is C22H19N3O3S. The maximum Gasteiger partial charge on any atom is 0.322 e. The molecular weight excluding hydrogens is 386 g/mol. The summed E-state index contributed by atoms with van der Waals surface area (Å²) in [7, 11) is 0. The molecule has 0 aliphatic rings. The van der Waals surface area contributed by atoms with E-state index in [1.165, 1.54) is 0 Å². The molecule has 0 spiro atoms. The third kappa shape index (κ3) is 3.95. The summed E-state index contributed by atoms with van der Waals surface area (Å²) < 4.78 is 11.3. The Balaban J connectivity index is 1.63. The topological polar surface area (TPSA) is 77.2 Å². The smallest absolute Gasteiger partial charge is 0.322 e. The number of anilines is 1. The highest BCUT2D eigenvalue weighted by Gasteiger charge is 2.19. The Hall–Kier alpha value is -3.32. The Bertz CT molecular complexity index is 1160. The predicted molar refractivity (Wildman–Crippen MR) is 115 cm³/mol. The number of carbonyl (C=O) groups is 1. The van der Waals surface area contributed by atoms with Gasteiger partial charge in [-0.15, -0.1) is 16.9 Å². The van der Waals surface area contributed by atoms with Crippen molar-refractivity contribution in [1.29, 1.82) is 0 Å². The monoisotopic (exact) mass is 405 g/mol. The van der Waals surface area contributed by atoms with E-state index in [1.807, 2.05) is 67.8 Å². The van der Waals surface area contributed by atoms with E-state index in [1.54, 1.807) is 17.8 Å². The summed E-state index contributed by atoms with van der Waals surface area (Å²) in [4.78, 5) is 14.2. The zero-order chi connectivity index (χ0) is 20.2. The molecule has 0 fully saturated rings. The molecule has 146 valence electrons. The van der Waals surface area contributed by atoms with Crippen LogP contribution in [0.3, 0.4) is 0 Å². The second kappa shape index (κ2) is 8.36. The average molecular weight is 405 g/mol. The lowest BCUT2D eigenvalue weighted by Crippen LogP contribution is -2.14. The lowest BCUT2D eigenvalue weighted by molar-refractivity contribution is 0.102. The van der Waals surface area contributed by atoms with Crippen molar-refractivity contribution >= 4 is 34.5 Å². The first-order chi connectivity index (χ1) is 14.2. The van der Waals surface area contributed by atoms with E-state index < -0.39 is 0 Å². The van der Waals surface area contributed by atoms with Gasteiger partial charge in [0.15, 0.2) is 0 Å². The molecule has 0 aliphatic heterocycles. The van der Waals surface area contributed by atoms with Crippen molar-refractivity contribution in [1.82, 2.24) is 10.2 Å². The number of aromatic nitrogens is 2. The number of carbonyl (C=O) groups excluding carboxylic acids is 1. The molecule has 6 nitrogen and oxygen atoms in total. The van der Waals surface area contributed by atoms with Gasteiger partial charge in [-0.25, -0.2) is 0 Å². The van der Waals surface area contributed by atoms with E-state index in [4.69, 9.17) is 9.15 Å². The van der Waals surface area contributed by atoms with Crippen molar-refractivity contribution in [2.75, 3.05) is 18.2 Å². The van der Waals surface area contributed by atoms with Gasteiger partial charge in [0.25, 0.3) is 5.91 Å². The van der Waals surface area contributed by atoms with E-state index in [9.17, 15) is 4.79 Å². The number of thioether (sulfide) groups is 1. The number of amides is 1. The number of fused-ring (bicyclic) bond motifs is 1. The van der Waals surface area contributed by atoms with Crippen LogP contribution in [-0.4, -0.2) is 29.0 Å². The summed E-state index contributed by atoms with van der Waals surface area (Å²) in [6.07, 6.45) is 2.01. The molecule has 0 saturated heterocycles. The number of benzene rings is 3. The molecule has 1 heterocycles. The molecule has 4 rings (SSSR count). The van der Waals surface area contributed by atoms with E-state index in [-0.39, 0.29) is 11.9 Å². The second-order valence-electron chi connectivity index (χ2n) is 6.19. The molecule has 0 aliphatic carbocycles. The fourth-order valence-electron chi connectivity index (χ4n) is 3.05. The Labute approximate surface area is 172 Å². The van der Waals surface area contributed by atoms with Gasteiger partial charge in [-0.3, -0.25) is 10.1 Å². The average Bonchev–Trinajstić information content (AvgIpc) is 3.22. The number of hydrogen-bond acceptors (Lipinski definition) is 6. The summed E-state index contributed by atoms with van der Waals surface area (Å²) in [6.45, 7) is 2.33. The van der Waals surface area contributed by atoms with Gasteiger partial charge in [0.1, 0.15) is 5.75 Å². The van der Waals surface area contributed by atoms with Crippen molar-refractivity contribution in [2.45, 2.75) is 11.8 Å². The Morgan fingerprint density at radius 2 is 1.86 bits per heavy atom. The van der Waals surface area contributed by atoms with E-state index in [0.717, 1.165) is 21.2 Å². The second-order valence-corrected chi connectivity index (χ2v) is 7.07. The molecule has 0 unspecified atom stereocenters. The SMILES string of the molecule is CCOc1ccc2ccccc2c1C(=O)Nc1nnc(-c2ccc(SC)cc2)o1. The highest BCUT2D eigenvalue weighted by Crippen LogP contribution is 2.29. The quantitative estimate of drug-likeness (QED) is 0.441. The number of rotatable bonds is 6. The minimum atomic E-state index is -0.363. The molecule has 0 atom stereocenters. The van der Waals surface area contributed by atoms with E-state index >= 15 is 0 Å². The number of nitrogens with zero attached hydrogens (tertiary/aromatic N) is 2. The summed E-state index contributed by atoms with van der Waals surface area (Å²) in [6, 6.07) is 19.2. The van der Waals surface area contributed by atoms with Crippen molar-refractivity contribution in [3.05, 3.63) is 66.2 Å². The van der Waals surface area contributed by atoms with Gasteiger partial charge in [-0.05, 0) is 54.3 Å². The van der Waals surface area contributed by atoms with Crippen LogP contribution in [0.15, 0.2) is 70.0 Å². The van der Waals surface area contributed by atoms with Crippen LogP contribution in [0, 0.1) is 0 Å². The van der Waals surface area contributed by atoms with Crippen molar-refractivity contribution < 1.29 is 13.9 Å². The summed E-state index contributed by atoms with van der Waals surface area (Å²) in [5.74, 6) is 0.491. The molecule has 29 heavy (non-hydrogen) atoms. The lowest BCUT2D eigenvalue weighted by atomic mass is 10.0. The highest BCUT2D eigenvalue weighted by atomic mass is 32.2. The van der Waals surface area contributed by atoms with Crippen LogP contribution in [0.4, 0.5) is 6.01 Å². The number of hydrogen-bond donors (Lipinski definition) is 1. The number of nitrogens with one attached hydrogen (secondary N) is 1. The van der Waals surface area contributed by atoms with Gasteiger partial charge < -0.3 is 9.15 Å². The van der Waals surface area contributed by atoms with Gasteiger partial charge >= 0.3 is 6.01 Å². The number of ether oxygens (including phenoxy) is 1. The molecule has 7 heteroatoms. The van der Waals surface area contributed by atoms with Gasteiger partial charge in [-0.1, -0.05) is 35.4 Å². The first-order valence-corrected chi connectivity index (χ1v) is 10.4. The Kier molecular flexibility index (Phi) is 5.48. The van der Waals surface area contributed by atoms with Crippen molar-refractivity contribution in [2.24, 2.45) is 0 Å². The van der Waals surface area contributed by atoms with Crippen LogP contribution < -0.4 is 10.1 Å². The molecule has 1 aromatic heterocycles. The zero-order valence-corrected chi connectivity index (χ0v) is 16.8. The van der Waals surface area contributed by atoms with Crippen molar-refractivity contribution in [3.8, 4) is 17.2 Å². The lowest BCUT2D eigenvalue weighted by Gasteiger charge is -2.12. The van der Waals surface area contributed by atoms with Crippen molar-refractivity contribution in [3.63, 3.8) is 0 Å². The fourth-order valence-corrected chi connectivity index (χ4v) is 3.45. The molecule has 0 saturated carbocycles. The first-order valence-electron chi connectivity index (χ1n) is 9.13. The summed E-state index contributed by atoms with van der Waals surface area (Å²) in [5, 5.41) is 12.4. The summed E-state index contributed by atoms with van der Waals surface area (Å²) in [5.41, 5.74) is 1.23.